The van der Waals surface area contributed by atoms with E-state index in [1.807, 2.05) is 0 Å². The number of amides is 1. The first-order chi connectivity index (χ1) is 10.2. The van der Waals surface area contributed by atoms with Crippen LogP contribution in [-0.2, 0) is 4.79 Å². The second kappa shape index (κ2) is 4.84. The number of aryl methyl sites for hydroxylation is 1. The SMILES string of the molecule is Cc1ccc(C2NC3(CCCC3)C(=O)N2CC2CC2)cc1. The summed E-state index contributed by atoms with van der Waals surface area (Å²) < 4.78 is 0. The van der Waals surface area contributed by atoms with Crippen molar-refractivity contribution >= 4 is 5.91 Å². The molecule has 0 aromatic heterocycles. The van der Waals surface area contributed by atoms with Crippen LogP contribution in [0.15, 0.2) is 24.3 Å². The van der Waals surface area contributed by atoms with Crippen molar-refractivity contribution in [1.82, 2.24) is 10.2 Å². The van der Waals surface area contributed by atoms with E-state index < -0.39 is 0 Å². The molecule has 0 bridgehead atoms. The fraction of sp³-hybridized carbons (Fsp3) is 0.611. The van der Waals surface area contributed by atoms with Crippen molar-refractivity contribution in [2.75, 3.05) is 6.54 Å². The summed E-state index contributed by atoms with van der Waals surface area (Å²) in [6, 6.07) is 8.65. The third-order valence-electron chi connectivity index (χ3n) is 5.40. The van der Waals surface area contributed by atoms with Gasteiger partial charge in [-0.05, 0) is 44.1 Å². The van der Waals surface area contributed by atoms with Crippen molar-refractivity contribution in [3.8, 4) is 0 Å². The number of nitrogens with one attached hydrogen (secondary N) is 1. The van der Waals surface area contributed by atoms with Crippen LogP contribution in [0, 0.1) is 12.8 Å². The van der Waals surface area contributed by atoms with Crippen molar-refractivity contribution in [2.45, 2.75) is 57.2 Å². The third kappa shape index (κ3) is 2.28. The quantitative estimate of drug-likeness (QED) is 0.924. The first kappa shape index (κ1) is 13.3. The number of hydrogen-bond acceptors (Lipinski definition) is 2. The summed E-state index contributed by atoms with van der Waals surface area (Å²) in [5, 5.41) is 3.71. The molecular formula is C18H24N2O. The maximum atomic E-state index is 13.0. The topological polar surface area (TPSA) is 32.3 Å². The summed E-state index contributed by atoms with van der Waals surface area (Å²) >= 11 is 0. The lowest BCUT2D eigenvalue weighted by molar-refractivity contribution is -0.133. The van der Waals surface area contributed by atoms with Gasteiger partial charge in [-0.15, -0.1) is 0 Å². The smallest absolute Gasteiger partial charge is 0.244 e. The van der Waals surface area contributed by atoms with Crippen molar-refractivity contribution in [3.05, 3.63) is 35.4 Å². The first-order valence-corrected chi connectivity index (χ1v) is 8.33. The molecule has 21 heavy (non-hydrogen) atoms. The normalized spacial score (nSPS) is 27.8. The molecule has 4 rings (SSSR count). The van der Waals surface area contributed by atoms with Gasteiger partial charge in [0.1, 0.15) is 6.17 Å². The predicted molar refractivity (Wildman–Crippen MR) is 82.7 cm³/mol. The van der Waals surface area contributed by atoms with Crippen molar-refractivity contribution in [1.29, 1.82) is 0 Å². The molecule has 1 aromatic rings. The van der Waals surface area contributed by atoms with Gasteiger partial charge in [-0.1, -0.05) is 42.7 Å². The Morgan fingerprint density at radius 2 is 1.86 bits per heavy atom. The average molecular weight is 284 g/mol. The molecule has 2 aliphatic carbocycles. The highest BCUT2D eigenvalue weighted by molar-refractivity contribution is 5.89. The van der Waals surface area contributed by atoms with Gasteiger partial charge in [0, 0.05) is 6.54 Å². The van der Waals surface area contributed by atoms with E-state index in [-0.39, 0.29) is 11.7 Å². The van der Waals surface area contributed by atoms with Crippen LogP contribution in [-0.4, -0.2) is 22.9 Å². The minimum Gasteiger partial charge on any atom is -0.321 e. The monoisotopic (exact) mass is 284 g/mol. The highest BCUT2D eigenvalue weighted by atomic mass is 16.2. The predicted octanol–water partition coefficient (Wildman–Crippen LogP) is 3.15. The van der Waals surface area contributed by atoms with Gasteiger partial charge in [-0.25, -0.2) is 0 Å². The molecule has 1 unspecified atom stereocenters. The van der Waals surface area contributed by atoms with Crippen LogP contribution < -0.4 is 5.32 Å². The van der Waals surface area contributed by atoms with E-state index in [1.165, 1.54) is 36.8 Å². The molecule has 1 saturated heterocycles. The van der Waals surface area contributed by atoms with Gasteiger partial charge in [-0.3, -0.25) is 10.1 Å². The zero-order valence-electron chi connectivity index (χ0n) is 12.8. The minimum absolute atomic E-state index is 0.0804. The summed E-state index contributed by atoms with van der Waals surface area (Å²) in [6.07, 6.45) is 7.03. The van der Waals surface area contributed by atoms with E-state index in [1.54, 1.807) is 0 Å². The first-order valence-electron chi connectivity index (χ1n) is 8.33. The number of hydrogen-bond donors (Lipinski definition) is 1. The molecule has 0 radical (unpaired) electrons. The average Bonchev–Trinajstić information content (AvgIpc) is 3.12. The van der Waals surface area contributed by atoms with Gasteiger partial charge in [0.2, 0.25) is 5.91 Å². The maximum Gasteiger partial charge on any atom is 0.244 e. The molecule has 2 saturated carbocycles. The molecule has 3 aliphatic rings. The van der Waals surface area contributed by atoms with Crippen LogP contribution in [0.1, 0.15) is 55.8 Å². The molecule has 3 heteroatoms. The Balaban J connectivity index is 1.65. The highest BCUT2D eigenvalue weighted by Crippen LogP contribution is 2.43. The van der Waals surface area contributed by atoms with Gasteiger partial charge < -0.3 is 4.90 Å². The standard InChI is InChI=1S/C18H24N2O/c1-13-4-8-15(9-5-13)16-19-18(10-2-3-11-18)17(21)20(16)12-14-6-7-14/h4-5,8-9,14,16,19H,2-3,6-7,10-12H2,1H3. The van der Waals surface area contributed by atoms with Gasteiger partial charge in [-0.2, -0.15) is 0 Å². The molecule has 1 spiro atoms. The van der Waals surface area contributed by atoms with E-state index in [4.69, 9.17) is 0 Å². The van der Waals surface area contributed by atoms with Crippen LogP contribution in [0.25, 0.3) is 0 Å². The molecule has 3 nitrogen and oxygen atoms in total. The van der Waals surface area contributed by atoms with E-state index in [9.17, 15) is 4.79 Å². The maximum absolute atomic E-state index is 13.0. The largest absolute Gasteiger partial charge is 0.321 e. The van der Waals surface area contributed by atoms with Crippen LogP contribution >= 0.6 is 0 Å². The molecule has 1 heterocycles. The molecule has 1 N–H and O–H groups in total. The van der Waals surface area contributed by atoms with Crippen molar-refractivity contribution in [3.63, 3.8) is 0 Å². The number of benzene rings is 1. The van der Waals surface area contributed by atoms with E-state index in [2.05, 4.69) is 41.4 Å². The lowest BCUT2D eigenvalue weighted by atomic mass is 9.98. The van der Waals surface area contributed by atoms with Gasteiger partial charge >= 0.3 is 0 Å². The summed E-state index contributed by atoms with van der Waals surface area (Å²) in [5.41, 5.74) is 2.25. The fourth-order valence-corrected chi connectivity index (χ4v) is 3.91. The van der Waals surface area contributed by atoms with Crippen LogP contribution in [0.5, 0.6) is 0 Å². The van der Waals surface area contributed by atoms with Crippen LogP contribution in [0.2, 0.25) is 0 Å². The summed E-state index contributed by atoms with van der Waals surface area (Å²) in [4.78, 5) is 15.1. The highest BCUT2D eigenvalue weighted by Gasteiger charge is 2.53. The molecule has 112 valence electrons. The lowest BCUT2D eigenvalue weighted by Crippen LogP contribution is -2.44. The Kier molecular flexibility index (Phi) is 3.07. The number of nitrogens with zero attached hydrogens (tertiary/aromatic N) is 1. The fourth-order valence-electron chi connectivity index (χ4n) is 3.91. The molecule has 3 fully saturated rings. The van der Waals surface area contributed by atoms with Gasteiger partial charge in [0.05, 0.1) is 5.54 Å². The summed E-state index contributed by atoms with van der Waals surface area (Å²) in [5.74, 6) is 1.10. The van der Waals surface area contributed by atoms with Crippen LogP contribution in [0.3, 0.4) is 0 Å². The zero-order valence-corrected chi connectivity index (χ0v) is 12.8. The Labute approximate surface area is 126 Å². The Bertz CT molecular complexity index is 541. The van der Waals surface area contributed by atoms with Crippen molar-refractivity contribution in [2.24, 2.45) is 5.92 Å². The summed E-state index contributed by atoms with van der Waals surface area (Å²) in [6.45, 7) is 3.05. The second-order valence-electron chi connectivity index (χ2n) is 7.15. The Morgan fingerprint density at radius 3 is 2.48 bits per heavy atom. The third-order valence-corrected chi connectivity index (χ3v) is 5.40. The van der Waals surface area contributed by atoms with E-state index in [0.717, 1.165) is 25.3 Å². The Hall–Kier alpha value is -1.35. The van der Waals surface area contributed by atoms with Crippen LogP contribution in [0.4, 0.5) is 0 Å². The molecule has 1 aliphatic heterocycles. The van der Waals surface area contributed by atoms with Crippen molar-refractivity contribution < 1.29 is 4.79 Å². The van der Waals surface area contributed by atoms with Gasteiger partial charge in [0.25, 0.3) is 0 Å². The molecular weight excluding hydrogens is 260 g/mol. The molecule has 1 atom stereocenters. The number of carbonyl (C=O) groups is 1. The second-order valence-corrected chi connectivity index (χ2v) is 7.15. The molecule has 1 amide bonds. The van der Waals surface area contributed by atoms with E-state index in [0.29, 0.717) is 5.91 Å². The zero-order chi connectivity index (χ0) is 14.4. The summed E-state index contributed by atoms with van der Waals surface area (Å²) in [7, 11) is 0. The number of carbonyl (C=O) groups excluding carboxylic acids is 1. The molecule has 1 aromatic carbocycles. The lowest BCUT2D eigenvalue weighted by Gasteiger charge is -2.24. The minimum atomic E-state index is -0.259. The number of rotatable bonds is 3. The van der Waals surface area contributed by atoms with E-state index >= 15 is 0 Å². The Morgan fingerprint density at radius 1 is 1.19 bits per heavy atom. The van der Waals surface area contributed by atoms with Gasteiger partial charge in [0.15, 0.2) is 0 Å².